The van der Waals surface area contributed by atoms with Crippen LogP contribution in [0.4, 0.5) is 20.2 Å². The largest absolute Gasteiger partial charge is 0.333 e. The second-order valence-corrected chi connectivity index (χ2v) is 3.71. The van der Waals surface area contributed by atoms with Gasteiger partial charge in [-0.2, -0.15) is 19.0 Å². The third-order valence-corrected chi connectivity index (χ3v) is 2.40. The van der Waals surface area contributed by atoms with Gasteiger partial charge in [0.1, 0.15) is 17.6 Å². The highest BCUT2D eigenvalue weighted by molar-refractivity contribution is 5.31. The number of nitrogens with zero attached hydrogens (tertiary/aromatic N) is 5. The maximum atomic E-state index is 12.0. The fraction of sp³-hybridized carbons (Fsp3) is 0.333. The van der Waals surface area contributed by atoms with Gasteiger partial charge < -0.3 is 0 Å². The van der Waals surface area contributed by atoms with Gasteiger partial charge >= 0.3 is 17.9 Å². The molecule has 10 nitrogen and oxygen atoms in total. The summed E-state index contributed by atoms with van der Waals surface area (Å²) in [7, 11) is 0. The molecule has 0 amide bonds. The van der Waals surface area contributed by atoms with Crippen LogP contribution in [0.1, 0.15) is 17.9 Å². The van der Waals surface area contributed by atoms with E-state index in [1.165, 1.54) is 13.1 Å². The summed E-state index contributed by atoms with van der Waals surface area (Å²) in [4.78, 5) is 19.0. The maximum Gasteiger partial charge on any atom is 0.333 e. The van der Waals surface area contributed by atoms with E-state index >= 15 is 0 Å². The van der Waals surface area contributed by atoms with Gasteiger partial charge in [0, 0.05) is 0 Å². The number of hydrogen-bond acceptors (Lipinski definition) is 6. The van der Waals surface area contributed by atoms with Gasteiger partial charge in [-0.15, -0.1) is 0 Å². The lowest BCUT2D eigenvalue weighted by Crippen LogP contribution is -2.02. The molecule has 0 radical (unpaired) electrons. The third-order valence-electron chi connectivity index (χ3n) is 2.40. The van der Waals surface area contributed by atoms with Crippen molar-refractivity contribution in [3.05, 3.63) is 44.0 Å². The molecule has 21 heavy (non-hydrogen) atoms. The van der Waals surface area contributed by atoms with Crippen molar-refractivity contribution in [2.45, 2.75) is 20.4 Å². The first kappa shape index (κ1) is 16.1. The normalized spacial score (nSPS) is 10.1. The van der Waals surface area contributed by atoms with Crippen molar-refractivity contribution in [3.63, 3.8) is 0 Å². The monoisotopic (exact) mass is 304 g/mol. The molecular formula is C9H10F2N6O4. The number of H-pyrrole nitrogens is 1. The quantitative estimate of drug-likeness (QED) is 0.682. The minimum atomic E-state index is -2.83. The molecule has 0 aliphatic heterocycles. The highest BCUT2D eigenvalue weighted by atomic mass is 19.3. The summed E-state index contributed by atoms with van der Waals surface area (Å²) >= 11 is 0. The zero-order chi connectivity index (χ0) is 16.2. The van der Waals surface area contributed by atoms with Crippen LogP contribution in [0.15, 0.2) is 12.4 Å². The Morgan fingerprint density at radius 1 is 1.24 bits per heavy atom. The fourth-order valence-electron chi connectivity index (χ4n) is 1.33. The van der Waals surface area contributed by atoms with E-state index in [1.54, 1.807) is 6.92 Å². The van der Waals surface area contributed by atoms with Crippen molar-refractivity contribution < 1.29 is 18.6 Å². The summed E-state index contributed by atoms with van der Waals surface area (Å²) < 4.78 is 24.3. The van der Waals surface area contributed by atoms with Crippen LogP contribution in [0.2, 0.25) is 0 Å². The summed E-state index contributed by atoms with van der Waals surface area (Å²) in [5.74, 6) is 0. The van der Waals surface area contributed by atoms with Crippen LogP contribution in [0, 0.1) is 34.1 Å². The molecule has 2 heterocycles. The van der Waals surface area contributed by atoms with Crippen LogP contribution in [-0.2, 0) is 0 Å². The number of rotatable bonds is 3. The molecule has 2 aromatic rings. The van der Waals surface area contributed by atoms with E-state index < -0.39 is 22.1 Å². The molecule has 0 atom stereocenters. The van der Waals surface area contributed by atoms with E-state index in [9.17, 15) is 29.0 Å². The predicted molar refractivity (Wildman–Crippen MR) is 64.9 cm³/mol. The number of nitrogens with one attached hydrogen (secondary N) is 1. The average molecular weight is 304 g/mol. The molecule has 0 aromatic carbocycles. The van der Waals surface area contributed by atoms with Gasteiger partial charge in [-0.25, -0.2) is 4.68 Å². The van der Waals surface area contributed by atoms with Crippen LogP contribution >= 0.6 is 0 Å². The Hall–Kier alpha value is -2.92. The van der Waals surface area contributed by atoms with Gasteiger partial charge in [-0.05, 0) is 13.8 Å². The Labute approximate surface area is 115 Å². The maximum absolute atomic E-state index is 12.0. The second-order valence-electron chi connectivity index (χ2n) is 3.71. The standard InChI is InChI=1S/C5H5F2N3O2.C4H5N3O2/c1-3-4(10(11)12)2-8-9(3)5(6)7;1-3-4(7(8)9)2-5-6-3/h2,5H,1H3;2H,1H3,(H,5,6). The molecule has 0 saturated heterocycles. The molecule has 0 bridgehead atoms. The number of aromatic amines is 1. The highest BCUT2D eigenvalue weighted by Gasteiger charge is 2.20. The van der Waals surface area contributed by atoms with Gasteiger partial charge in [0.25, 0.3) is 0 Å². The van der Waals surface area contributed by atoms with Crippen molar-refractivity contribution in [2.24, 2.45) is 0 Å². The van der Waals surface area contributed by atoms with E-state index in [0.717, 1.165) is 6.20 Å². The summed E-state index contributed by atoms with van der Waals surface area (Å²) in [6.07, 6.45) is 2.07. The molecule has 0 aliphatic rings. The molecule has 12 heteroatoms. The SMILES string of the molecule is Cc1c([N+](=O)[O-])cnn1C(F)F.Cc1n[nH]cc1[N+](=O)[O-]. The molecular weight excluding hydrogens is 294 g/mol. The molecule has 1 N–H and O–H groups in total. The minimum Gasteiger partial charge on any atom is -0.278 e. The number of nitro groups is 2. The van der Waals surface area contributed by atoms with Crippen LogP contribution in [0.5, 0.6) is 0 Å². The van der Waals surface area contributed by atoms with E-state index in [2.05, 4.69) is 15.3 Å². The zero-order valence-corrected chi connectivity index (χ0v) is 10.9. The number of halogens is 2. The molecule has 2 aromatic heterocycles. The van der Waals surface area contributed by atoms with Crippen molar-refractivity contribution in [3.8, 4) is 0 Å². The fourth-order valence-corrected chi connectivity index (χ4v) is 1.33. The number of aryl methyl sites for hydroxylation is 1. The molecule has 0 saturated carbocycles. The Morgan fingerprint density at radius 2 is 1.81 bits per heavy atom. The number of alkyl halides is 2. The van der Waals surface area contributed by atoms with Crippen LogP contribution in [0.25, 0.3) is 0 Å². The first-order valence-electron chi connectivity index (χ1n) is 5.37. The molecule has 0 unspecified atom stereocenters. The van der Waals surface area contributed by atoms with Crippen molar-refractivity contribution in [1.82, 2.24) is 20.0 Å². The van der Waals surface area contributed by atoms with E-state index in [0.29, 0.717) is 10.4 Å². The van der Waals surface area contributed by atoms with E-state index in [1.807, 2.05) is 0 Å². The second kappa shape index (κ2) is 6.49. The summed E-state index contributed by atoms with van der Waals surface area (Å²) in [5.41, 5.74) is -0.0831. The van der Waals surface area contributed by atoms with Crippen LogP contribution in [-0.4, -0.2) is 29.8 Å². The number of hydrogen-bond donors (Lipinski definition) is 1. The van der Waals surface area contributed by atoms with Crippen molar-refractivity contribution in [1.29, 1.82) is 0 Å². The first-order valence-corrected chi connectivity index (χ1v) is 5.37. The predicted octanol–water partition coefficient (Wildman–Crippen LogP) is 2.12. The summed E-state index contributed by atoms with van der Waals surface area (Å²) in [6, 6.07) is 0. The Kier molecular flexibility index (Phi) is 4.99. The number of aromatic nitrogens is 4. The smallest absolute Gasteiger partial charge is 0.278 e. The molecule has 0 aliphatic carbocycles. The van der Waals surface area contributed by atoms with E-state index in [-0.39, 0.29) is 11.4 Å². The minimum absolute atomic E-state index is 0.0370. The molecule has 114 valence electrons. The van der Waals surface area contributed by atoms with Crippen LogP contribution < -0.4 is 0 Å². The highest BCUT2D eigenvalue weighted by Crippen LogP contribution is 2.20. The molecule has 0 spiro atoms. The Balaban J connectivity index is 0.000000219. The lowest BCUT2D eigenvalue weighted by atomic mass is 10.4. The van der Waals surface area contributed by atoms with Crippen molar-refractivity contribution >= 4 is 11.4 Å². The van der Waals surface area contributed by atoms with E-state index in [4.69, 9.17) is 0 Å². The summed E-state index contributed by atoms with van der Waals surface area (Å²) in [5, 5.41) is 29.3. The molecule has 0 fully saturated rings. The average Bonchev–Trinajstić information content (AvgIpc) is 2.95. The molecule has 2 rings (SSSR count). The summed E-state index contributed by atoms with van der Waals surface area (Å²) in [6.45, 7) is -0.0370. The zero-order valence-electron chi connectivity index (χ0n) is 10.9. The Bertz CT molecular complexity index is 652. The first-order chi connectivity index (χ1) is 9.75. The lowest BCUT2D eigenvalue weighted by molar-refractivity contribution is -0.385. The van der Waals surface area contributed by atoms with Gasteiger partial charge in [0.15, 0.2) is 0 Å². The lowest BCUT2D eigenvalue weighted by Gasteiger charge is -1.98. The van der Waals surface area contributed by atoms with Gasteiger partial charge in [0.2, 0.25) is 0 Å². The van der Waals surface area contributed by atoms with Crippen LogP contribution in [0.3, 0.4) is 0 Å². The van der Waals surface area contributed by atoms with Gasteiger partial charge in [0.05, 0.1) is 16.0 Å². The van der Waals surface area contributed by atoms with Gasteiger partial charge in [-0.1, -0.05) is 0 Å². The topological polar surface area (TPSA) is 133 Å². The Morgan fingerprint density at radius 3 is 2.05 bits per heavy atom. The third kappa shape index (κ3) is 3.77. The van der Waals surface area contributed by atoms with Gasteiger partial charge in [-0.3, -0.25) is 25.3 Å². The van der Waals surface area contributed by atoms with Crippen molar-refractivity contribution in [2.75, 3.05) is 0 Å².